The molecule has 0 fully saturated rings. The zero-order valence-electron chi connectivity index (χ0n) is 13.3. The average Bonchev–Trinajstić information content (AvgIpc) is 2.50. The molecule has 1 amide bonds. The van der Waals surface area contributed by atoms with Crippen molar-refractivity contribution < 1.29 is 4.79 Å². The summed E-state index contributed by atoms with van der Waals surface area (Å²) in [6.45, 7) is 6.16. The van der Waals surface area contributed by atoms with Crippen LogP contribution in [0.4, 0.5) is 17.3 Å². The van der Waals surface area contributed by atoms with E-state index in [-0.39, 0.29) is 5.91 Å². The van der Waals surface area contributed by atoms with E-state index in [1.54, 1.807) is 6.07 Å². The van der Waals surface area contributed by atoms with Crippen molar-refractivity contribution in [3.63, 3.8) is 0 Å². The van der Waals surface area contributed by atoms with Gasteiger partial charge in [0.15, 0.2) is 11.6 Å². The molecule has 5 nitrogen and oxygen atoms in total. The number of hydrogen-bond acceptors (Lipinski definition) is 4. The van der Waals surface area contributed by atoms with E-state index in [1.807, 2.05) is 25.1 Å². The summed E-state index contributed by atoms with van der Waals surface area (Å²) in [6, 6.07) is 9.74. The van der Waals surface area contributed by atoms with Crippen LogP contribution in [0.5, 0.6) is 0 Å². The molecule has 5 heteroatoms. The number of amides is 1. The number of carbonyl (C=O) groups excluding carboxylic acids is 1. The molecule has 116 valence electrons. The highest BCUT2D eigenvalue weighted by molar-refractivity contribution is 5.89. The van der Waals surface area contributed by atoms with E-state index in [4.69, 9.17) is 0 Å². The molecule has 1 heterocycles. The molecule has 2 N–H and O–H groups in total. The molecule has 2 aromatic rings. The van der Waals surface area contributed by atoms with Gasteiger partial charge < -0.3 is 10.6 Å². The van der Waals surface area contributed by atoms with E-state index in [0.717, 1.165) is 24.1 Å². The average molecular weight is 298 g/mol. The monoisotopic (exact) mass is 298 g/mol. The van der Waals surface area contributed by atoms with Gasteiger partial charge in [0.25, 0.3) is 0 Å². The lowest BCUT2D eigenvalue weighted by Gasteiger charge is -2.09. The van der Waals surface area contributed by atoms with Crippen LogP contribution in [-0.2, 0) is 4.79 Å². The van der Waals surface area contributed by atoms with E-state index < -0.39 is 0 Å². The summed E-state index contributed by atoms with van der Waals surface area (Å²) in [6.07, 6.45) is 2.39. The molecule has 0 saturated heterocycles. The third-order valence-corrected chi connectivity index (χ3v) is 3.33. The van der Waals surface area contributed by atoms with E-state index in [0.29, 0.717) is 18.1 Å². The summed E-state index contributed by atoms with van der Waals surface area (Å²) in [5, 5.41) is 14.1. The first kappa shape index (κ1) is 15.9. The van der Waals surface area contributed by atoms with Gasteiger partial charge in [-0.1, -0.05) is 31.0 Å². The molecular weight excluding hydrogens is 276 g/mol. The lowest BCUT2D eigenvalue weighted by atomic mass is 10.1. The lowest BCUT2D eigenvalue weighted by Crippen LogP contribution is -2.12. The van der Waals surface area contributed by atoms with Crippen molar-refractivity contribution in [3.8, 4) is 0 Å². The first-order valence-electron chi connectivity index (χ1n) is 7.56. The fraction of sp³-hybridized carbons (Fsp3) is 0.353. The summed E-state index contributed by atoms with van der Waals surface area (Å²) in [7, 11) is 0. The second-order valence-electron chi connectivity index (χ2n) is 5.40. The van der Waals surface area contributed by atoms with E-state index >= 15 is 0 Å². The fourth-order valence-electron chi connectivity index (χ4n) is 2.10. The molecule has 0 aliphatic carbocycles. The second-order valence-corrected chi connectivity index (χ2v) is 5.40. The van der Waals surface area contributed by atoms with Crippen molar-refractivity contribution in [2.24, 2.45) is 0 Å². The highest BCUT2D eigenvalue weighted by Gasteiger charge is 2.05. The summed E-state index contributed by atoms with van der Waals surface area (Å²) in [4.78, 5) is 11.6. The smallest absolute Gasteiger partial charge is 0.225 e. The van der Waals surface area contributed by atoms with E-state index in [2.05, 4.69) is 40.7 Å². The van der Waals surface area contributed by atoms with E-state index in [1.165, 1.54) is 5.56 Å². The SMILES string of the molecule is CCCCC(=O)Nc1ccc(Nc2ccc(C)cc2C)nn1. The molecule has 0 saturated carbocycles. The van der Waals surface area contributed by atoms with Gasteiger partial charge in [0.1, 0.15) is 0 Å². The van der Waals surface area contributed by atoms with Gasteiger partial charge in [-0.3, -0.25) is 4.79 Å². The van der Waals surface area contributed by atoms with Crippen LogP contribution in [0.2, 0.25) is 0 Å². The van der Waals surface area contributed by atoms with Gasteiger partial charge in [-0.25, -0.2) is 0 Å². The van der Waals surface area contributed by atoms with Gasteiger partial charge in [-0.05, 0) is 44.0 Å². The van der Waals surface area contributed by atoms with Crippen molar-refractivity contribution in [1.82, 2.24) is 10.2 Å². The number of unbranched alkanes of at least 4 members (excludes halogenated alkanes) is 1. The Morgan fingerprint density at radius 3 is 2.45 bits per heavy atom. The van der Waals surface area contributed by atoms with Crippen molar-refractivity contribution in [2.75, 3.05) is 10.6 Å². The first-order valence-corrected chi connectivity index (χ1v) is 7.56. The maximum absolute atomic E-state index is 11.6. The lowest BCUT2D eigenvalue weighted by molar-refractivity contribution is -0.116. The van der Waals surface area contributed by atoms with Gasteiger partial charge in [-0.15, -0.1) is 10.2 Å². The fourth-order valence-corrected chi connectivity index (χ4v) is 2.10. The van der Waals surface area contributed by atoms with Crippen molar-refractivity contribution in [1.29, 1.82) is 0 Å². The predicted molar refractivity (Wildman–Crippen MR) is 89.4 cm³/mol. The summed E-state index contributed by atoms with van der Waals surface area (Å²) >= 11 is 0. The third-order valence-electron chi connectivity index (χ3n) is 3.33. The minimum atomic E-state index is -0.0220. The molecule has 22 heavy (non-hydrogen) atoms. The Morgan fingerprint density at radius 2 is 1.82 bits per heavy atom. The number of nitrogens with zero attached hydrogens (tertiary/aromatic N) is 2. The molecule has 0 aliphatic heterocycles. The molecular formula is C17H22N4O. The Morgan fingerprint density at radius 1 is 1.09 bits per heavy atom. The third kappa shape index (κ3) is 4.55. The highest BCUT2D eigenvalue weighted by Crippen LogP contribution is 2.20. The minimum Gasteiger partial charge on any atom is -0.339 e. The van der Waals surface area contributed by atoms with Crippen LogP contribution in [-0.4, -0.2) is 16.1 Å². The van der Waals surface area contributed by atoms with Crippen LogP contribution in [0.1, 0.15) is 37.3 Å². The number of nitrogens with one attached hydrogen (secondary N) is 2. The maximum atomic E-state index is 11.6. The first-order chi connectivity index (χ1) is 10.6. The van der Waals surface area contributed by atoms with Gasteiger partial charge >= 0.3 is 0 Å². The Balaban J connectivity index is 1.98. The molecule has 1 aromatic carbocycles. The normalized spacial score (nSPS) is 10.3. The number of carbonyl (C=O) groups is 1. The van der Waals surface area contributed by atoms with Crippen molar-refractivity contribution in [3.05, 3.63) is 41.5 Å². The standard InChI is InChI=1S/C17H22N4O/c1-4-5-6-17(22)19-16-10-9-15(20-21-16)18-14-8-7-12(2)11-13(14)3/h7-11H,4-6H2,1-3H3,(H,18,20)(H,19,21,22). The highest BCUT2D eigenvalue weighted by atomic mass is 16.1. The molecule has 0 spiro atoms. The van der Waals surface area contributed by atoms with Crippen LogP contribution >= 0.6 is 0 Å². The van der Waals surface area contributed by atoms with Crippen LogP contribution in [0, 0.1) is 13.8 Å². The molecule has 0 atom stereocenters. The second kappa shape index (κ2) is 7.54. The summed E-state index contributed by atoms with van der Waals surface area (Å²) in [5.41, 5.74) is 3.37. The van der Waals surface area contributed by atoms with Crippen molar-refractivity contribution >= 4 is 23.2 Å². The maximum Gasteiger partial charge on any atom is 0.225 e. The Bertz CT molecular complexity index is 638. The van der Waals surface area contributed by atoms with Crippen LogP contribution in [0.3, 0.4) is 0 Å². The van der Waals surface area contributed by atoms with Gasteiger partial charge in [0.05, 0.1) is 0 Å². The number of benzene rings is 1. The molecule has 2 rings (SSSR count). The Labute approximate surface area is 131 Å². The van der Waals surface area contributed by atoms with Crippen LogP contribution in [0.25, 0.3) is 0 Å². The molecule has 1 aromatic heterocycles. The van der Waals surface area contributed by atoms with Crippen LogP contribution in [0.15, 0.2) is 30.3 Å². The number of rotatable bonds is 6. The summed E-state index contributed by atoms with van der Waals surface area (Å²) in [5.74, 6) is 1.11. The number of hydrogen-bond donors (Lipinski definition) is 2. The zero-order chi connectivity index (χ0) is 15.9. The molecule has 0 unspecified atom stereocenters. The van der Waals surface area contributed by atoms with Gasteiger partial charge in [0, 0.05) is 12.1 Å². The quantitative estimate of drug-likeness (QED) is 0.847. The molecule has 0 radical (unpaired) electrons. The number of anilines is 3. The van der Waals surface area contributed by atoms with Gasteiger partial charge in [-0.2, -0.15) is 0 Å². The number of aryl methyl sites for hydroxylation is 2. The van der Waals surface area contributed by atoms with Gasteiger partial charge in [0.2, 0.25) is 5.91 Å². The minimum absolute atomic E-state index is 0.0220. The van der Waals surface area contributed by atoms with E-state index in [9.17, 15) is 4.79 Å². The topological polar surface area (TPSA) is 66.9 Å². The molecule has 0 aliphatic rings. The zero-order valence-corrected chi connectivity index (χ0v) is 13.3. The van der Waals surface area contributed by atoms with Crippen molar-refractivity contribution in [2.45, 2.75) is 40.0 Å². The molecule has 0 bridgehead atoms. The van der Waals surface area contributed by atoms with Crippen LogP contribution < -0.4 is 10.6 Å². The number of aromatic nitrogens is 2. The Kier molecular flexibility index (Phi) is 5.47. The largest absolute Gasteiger partial charge is 0.339 e. The predicted octanol–water partition coefficient (Wildman–Crippen LogP) is 3.97. The summed E-state index contributed by atoms with van der Waals surface area (Å²) < 4.78 is 0. The Hall–Kier alpha value is -2.43.